The molecule has 6 heteroatoms. The summed E-state index contributed by atoms with van der Waals surface area (Å²) in [7, 11) is 0. The molecule has 0 aliphatic carbocycles. The zero-order valence-electron chi connectivity index (χ0n) is 24.5. The number of hydrogen-bond acceptors (Lipinski definition) is 6. The van der Waals surface area contributed by atoms with Gasteiger partial charge >= 0.3 is 0 Å². The summed E-state index contributed by atoms with van der Waals surface area (Å²) in [6.07, 6.45) is 7.03. The van der Waals surface area contributed by atoms with Gasteiger partial charge in [-0.1, -0.05) is 47.9 Å². The highest BCUT2D eigenvalue weighted by molar-refractivity contribution is 5.67. The molecule has 0 amide bonds. The first-order chi connectivity index (χ1) is 22.8. The lowest BCUT2D eigenvalue weighted by Crippen LogP contribution is -1.94. The molecule has 0 saturated heterocycles. The van der Waals surface area contributed by atoms with Crippen molar-refractivity contribution >= 4 is 0 Å². The molecule has 6 aromatic heterocycles. The van der Waals surface area contributed by atoms with Crippen LogP contribution in [0.1, 0.15) is 22.3 Å². The maximum absolute atomic E-state index is 4.81. The van der Waals surface area contributed by atoms with Crippen molar-refractivity contribution in [2.45, 2.75) is 0 Å². The number of aromatic nitrogens is 6. The molecule has 1 aromatic carbocycles. The van der Waals surface area contributed by atoms with E-state index in [0.29, 0.717) is 0 Å². The van der Waals surface area contributed by atoms with Crippen LogP contribution in [0.2, 0.25) is 0 Å². The van der Waals surface area contributed by atoms with Gasteiger partial charge in [0.05, 0.1) is 45.6 Å². The van der Waals surface area contributed by atoms with Crippen molar-refractivity contribution in [3.05, 3.63) is 168 Å². The van der Waals surface area contributed by atoms with Gasteiger partial charge in [0, 0.05) is 47.0 Å². The van der Waals surface area contributed by atoms with Gasteiger partial charge in [0.2, 0.25) is 0 Å². The van der Waals surface area contributed by atoms with Crippen LogP contribution in [-0.4, -0.2) is 29.9 Å². The molecule has 0 saturated carbocycles. The average molecular weight is 589 g/mol. The molecular weight excluding hydrogens is 564 g/mol. The highest BCUT2D eigenvalue weighted by Crippen LogP contribution is 2.24. The van der Waals surface area contributed by atoms with Gasteiger partial charge in [0.15, 0.2) is 0 Å². The maximum Gasteiger partial charge on any atom is 0.0906 e. The van der Waals surface area contributed by atoms with Crippen molar-refractivity contribution in [1.29, 1.82) is 0 Å². The fraction of sp³-hybridized carbons (Fsp3) is 0. The predicted molar refractivity (Wildman–Crippen MR) is 180 cm³/mol. The molecule has 0 spiro atoms. The van der Waals surface area contributed by atoms with Gasteiger partial charge in [-0.2, -0.15) is 0 Å². The second kappa shape index (κ2) is 13.3. The quantitative estimate of drug-likeness (QED) is 0.198. The molecule has 0 aliphatic heterocycles. The van der Waals surface area contributed by atoms with Gasteiger partial charge in [-0.25, -0.2) is 9.97 Å². The Morgan fingerprint density at radius 1 is 0.283 bits per heavy atom. The minimum absolute atomic E-state index is 0.743. The van der Waals surface area contributed by atoms with Crippen LogP contribution < -0.4 is 0 Å². The molecule has 7 aromatic rings. The molecule has 6 heterocycles. The number of hydrogen-bond donors (Lipinski definition) is 0. The lowest BCUT2D eigenvalue weighted by molar-refractivity contribution is 1.21. The summed E-state index contributed by atoms with van der Waals surface area (Å²) in [5.74, 6) is 13.2. The Kier molecular flexibility index (Phi) is 8.08. The first-order valence-corrected chi connectivity index (χ1v) is 14.6. The van der Waals surface area contributed by atoms with Crippen LogP contribution in [0.15, 0.2) is 146 Å². The number of benzene rings is 1. The third-order valence-corrected chi connectivity index (χ3v) is 6.95. The van der Waals surface area contributed by atoms with Crippen molar-refractivity contribution in [3.8, 4) is 69.2 Å². The minimum Gasteiger partial charge on any atom is -0.255 e. The van der Waals surface area contributed by atoms with Crippen molar-refractivity contribution in [2.24, 2.45) is 0 Å². The average Bonchev–Trinajstić information content (AvgIpc) is 3.15. The molecule has 0 atom stereocenters. The van der Waals surface area contributed by atoms with E-state index in [1.165, 1.54) is 0 Å². The van der Waals surface area contributed by atoms with E-state index in [2.05, 4.69) is 43.6 Å². The summed E-state index contributed by atoms with van der Waals surface area (Å²) in [5.41, 5.74) is 9.48. The van der Waals surface area contributed by atoms with Crippen molar-refractivity contribution in [2.75, 3.05) is 0 Å². The molecule has 0 bridgehead atoms. The molecule has 46 heavy (non-hydrogen) atoms. The molecular formula is C40H24N6. The van der Waals surface area contributed by atoms with Crippen molar-refractivity contribution in [1.82, 2.24) is 29.9 Å². The molecule has 0 radical (unpaired) electrons. The van der Waals surface area contributed by atoms with Gasteiger partial charge in [-0.15, -0.1) is 0 Å². The van der Waals surface area contributed by atoms with Crippen LogP contribution >= 0.6 is 0 Å². The Balaban J connectivity index is 1.17. The summed E-state index contributed by atoms with van der Waals surface area (Å²) in [5, 5.41) is 0. The van der Waals surface area contributed by atoms with E-state index in [1.807, 2.05) is 121 Å². The molecule has 214 valence electrons. The van der Waals surface area contributed by atoms with E-state index < -0.39 is 0 Å². The van der Waals surface area contributed by atoms with Crippen LogP contribution in [0.3, 0.4) is 0 Å². The van der Waals surface area contributed by atoms with Gasteiger partial charge in [-0.05, 0) is 97.1 Å². The summed E-state index contributed by atoms with van der Waals surface area (Å²) < 4.78 is 0. The number of pyridine rings is 6. The normalized spacial score (nSPS) is 10.3. The minimum atomic E-state index is 0.743. The SMILES string of the molecule is C(#Cc1cc(-c2ccccn2)nc(-c2ccccn2)c1)c1ccc(C#Cc2cc(-c3ccccn3)nc(-c3ccccn3)c2)cc1. The van der Waals surface area contributed by atoms with Gasteiger partial charge < -0.3 is 0 Å². The zero-order valence-corrected chi connectivity index (χ0v) is 24.5. The summed E-state index contributed by atoms with van der Waals surface area (Å²) in [6, 6.07) is 38.8. The lowest BCUT2D eigenvalue weighted by atomic mass is 10.1. The van der Waals surface area contributed by atoms with Gasteiger partial charge in [0.1, 0.15) is 0 Å². The fourth-order valence-electron chi connectivity index (χ4n) is 4.71. The van der Waals surface area contributed by atoms with Crippen LogP contribution in [-0.2, 0) is 0 Å². The van der Waals surface area contributed by atoms with Crippen molar-refractivity contribution < 1.29 is 0 Å². The Morgan fingerprint density at radius 3 is 0.826 bits per heavy atom. The van der Waals surface area contributed by atoms with E-state index in [4.69, 9.17) is 9.97 Å². The van der Waals surface area contributed by atoms with Crippen LogP contribution in [0.4, 0.5) is 0 Å². The molecule has 7 rings (SSSR count). The fourth-order valence-corrected chi connectivity index (χ4v) is 4.71. The third kappa shape index (κ3) is 6.73. The Bertz CT molecular complexity index is 1950. The number of nitrogens with zero attached hydrogens (tertiary/aromatic N) is 6. The molecule has 0 fully saturated rings. The largest absolute Gasteiger partial charge is 0.255 e. The standard InChI is InChI=1S/C40H24N6/c1-5-21-41-33(9-1)37-25-31(26-38(45-37)34-10-2-6-22-42-34)19-17-29-13-15-30(16-14-29)18-20-32-27-39(35-11-3-7-23-43-35)46-40(28-32)36-12-4-8-24-44-36/h1-16,21-28H. The van der Waals surface area contributed by atoms with E-state index >= 15 is 0 Å². The first-order valence-electron chi connectivity index (χ1n) is 14.6. The molecule has 0 aliphatic rings. The summed E-state index contributed by atoms with van der Waals surface area (Å²) >= 11 is 0. The van der Waals surface area contributed by atoms with Crippen molar-refractivity contribution in [3.63, 3.8) is 0 Å². The monoisotopic (exact) mass is 588 g/mol. The Labute approximate surface area is 267 Å². The number of rotatable bonds is 4. The third-order valence-electron chi connectivity index (χ3n) is 6.95. The summed E-state index contributed by atoms with van der Waals surface area (Å²) in [4.78, 5) is 27.5. The maximum atomic E-state index is 4.81. The van der Waals surface area contributed by atoms with E-state index in [0.717, 1.165) is 67.8 Å². The Morgan fingerprint density at radius 2 is 0.565 bits per heavy atom. The highest BCUT2D eigenvalue weighted by Gasteiger charge is 2.09. The second-order valence-corrected chi connectivity index (χ2v) is 10.2. The lowest BCUT2D eigenvalue weighted by Gasteiger charge is -2.06. The smallest absolute Gasteiger partial charge is 0.0906 e. The van der Waals surface area contributed by atoms with E-state index in [-0.39, 0.29) is 0 Å². The molecule has 6 nitrogen and oxygen atoms in total. The zero-order chi connectivity index (χ0) is 31.0. The van der Waals surface area contributed by atoms with Gasteiger partial charge in [0.25, 0.3) is 0 Å². The van der Waals surface area contributed by atoms with Crippen LogP contribution in [0, 0.1) is 23.7 Å². The highest BCUT2D eigenvalue weighted by atomic mass is 14.8. The first kappa shape index (κ1) is 28.0. The van der Waals surface area contributed by atoms with E-state index in [1.54, 1.807) is 24.8 Å². The van der Waals surface area contributed by atoms with Gasteiger partial charge in [-0.3, -0.25) is 19.9 Å². The van der Waals surface area contributed by atoms with Crippen LogP contribution in [0.5, 0.6) is 0 Å². The predicted octanol–water partition coefficient (Wildman–Crippen LogP) is 7.52. The second-order valence-electron chi connectivity index (χ2n) is 10.2. The molecule has 0 unspecified atom stereocenters. The van der Waals surface area contributed by atoms with E-state index in [9.17, 15) is 0 Å². The molecule has 0 N–H and O–H groups in total. The Hall–Kier alpha value is -6.76. The summed E-state index contributed by atoms with van der Waals surface area (Å²) in [6.45, 7) is 0. The topological polar surface area (TPSA) is 77.3 Å². The van der Waals surface area contributed by atoms with Crippen LogP contribution in [0.25, 0.3) is 45.6 Å².